The largest absolute Gasteiger partial charge is 0.463 e. The lowest BCUT2D eigenvalue weighted by atomic mass is 10.0. The lowest BCUT2D eigenvalue weighted by Gasteiger charge is -2.12. The van der Waals surface area contributed by atoms with Gasteiger partial charge in [-0.1, -0.05) is 0 Å². The van der Waals surface area contributed by atoms with E-state index < -0.39 is 23.2 Å². The minimum absolute atomic E-state index is 0.0355. The Bertz CT molecular complexity index is 1720. The molecule has 0 unspecified atom stereocenters. The maximum Gasteiger partial charge on any atom is 0.355 e. The summed E-state index contributed by atoms with van der Waals surface area (Å²) in [6.45, 7) is 1.43. The van der Waals surface area contributed by atoms with E-state index in [4.69, 9.17) is 9.15 Å². The van der Waals surface area contributed by atoms with Gasteiger partial charge in [-0.2, -0.15) is 5.26 Å². The van der Waals surface area contributed by atoms with Crippen LogP contribution in [0.25, 0.3) is 33.0 Å². The molecule has 1 N–H and O–H groups in total. The van der Waals surface area contributed by atoms with Gasteiger partial charge in [-0.3, -0.25) is 4.79 Å². The van der Waals surface area contributed by atoms with Gasteiger partial charge in [0.05, 0.1) is 52.9 Å². The molecule has 5 aromatic rings. The van der Waals surface area contributed by atoms with Crippen LogP contribution in [0.1, 0.15) is 28.5 Å². The summed E-state index contributed by atoms with van der Waals surface area (Å²) >= 11 is 0. The average Bonchev–Trinajstić information content (AvgIpc) is 3.45. The zero-order valence-corrected chi connectivity index (χ0v) is 18.4. The Kier molecular flexibility index (Phi) is 5.41. The number of ether oxygens (including phenoxy) is 1. The van der Waals surface area contributed by atoms with E-state index in [1.165, 1.54) is 47.4 Å². The lowest BCUT2D eigenvalue weighted by Crippen LogP contribution is -2.16. The van der Waals surface area contributed by atoms with Gasteiger partial charge in [-0.05, 0) is 49.4 Å². The zero-order chi connectivity index (χ0) is 24.7. The Morgan fingerprint density at radius 2 is 2.03 bits per heavy atom. The number of hydrogen-bond donors (Lipinski definition) is 1. The van der Waals surface area contributed by atoms with Crippen LogP contribution in [-0.4, -0.2) is 22.1 Å². The summed E-state index contributed by atoms with van der Waals surface area (Å²) in [4.78, 5) is 28.7. The number of carbonyl (C=O) groups excluding carboxylic acids is 1. The number of pyridine rings is 1. The van der Waals surface area contributed by atoms with Gasteiger partial charge < -0.3 is 18.7 Å². The van der Waals surface area contributed by atoms with Crippen molar-refractivity contribution in [3.05, 3.63) is 93.7 Å². The molecule has 3 aromatic heterocycles. The Morgan fingerprint density at radius 1 is 1.20 bits per heavy atom. The maximum atomic E-state index is 15.1. The quantitative estimate of drug-likeness (QED) is 0.357. The highest BCUT2D eigenvalue weighted by Crippen LogP contribution is 2.40. The summed E-state index contributed by atoms with van der Waals surface area (Å²) in [5, 5.41) is 9.74. The molecule has 0 bridgehead atoms. The fourth-order valence-corrected chi connectivity index (χ4v) is 4.30. The van der Waals surface area contributed by atoms with Gasteiger partial charge in [0.25, 0.3) is 5.56 Å². The number of aromatic nitrogens is 2. The van der Waals surface area contributed by atoms with E-state index in [9.17, 15) is 19.2 Å². The fraction of sp³-hybridized carbons (Fsp3) is 0.115. The number of nitrogens with zero attached hydrogens (tertiary/aromatic N) is 2. The van der Waals surface area contributed by atoms with Gasteiger partial charge >= 0.3 is 5.97 Å². The highest BCUT2D eigenvalue weighted by molar-refractivity contribution is 6.17. The topological polar surface area (TPSA) is 101 Å². The van der Waals surface area contributed by atoms with Crippen molar-refractivity contribution in [1.29, 1.82) is 5.26 Å². The summed E-state index contributed by atoms with van der Waals surface area (Å²) < 4.78 is 42.1. The van der Waals surface area contributed by atoms with Crippen LogP contribution >= 0.6 is 0 Å². The summed E-state index contributed by atoms with van der Waals surface area (Å²) in [7, 11) is 0. The van der Waals surface area contributed by atoms with E-state index in [0.29, 0.717) is 5.39 Å². The first-order chi connectivity index (χ1) is 16.9. The normalized spacial score (nSPS) is 11.1. The number of furan rings is 1. The van der Waals surface area contributed by atoms with E-state index in [1.54, 1.807) is 13.0 Å². The molecule has 0 fully saturated rings. The molecule has 35 heavy (non-hydrogen) atoms. The van der Waals surface area contributed by atoms with Crippen LogP contribution in [-0.2, 0) is 11.3 Å². The predicted molar refractivity (Wildman–Crippen MR) is 124 cm³/mol. The molecule has 0 amide bonds. The third-order valence-corrected chi connectivity index (χ3v) is 5.78. The SMILES string of the molecule is CCOC(=O)c1c(-c2ccc[nH]c2=O)c2c3occc3c(F)cc2n1Cc1cc(C#N)ccc1F. The number of fused-ring (bicyclic) bond motifs is 3. The minimum Gasteiger partial charge on any atom is -0.463 e. The number of nitriles is 1. The Hall–Kier alpha value is -4.71. The average molecular weight is 473 g/mol. The van der Waals surface area contributed by atoms with Crippen molar-refractivity contribution in [2.45, 2.75) is 13.5 Å². The predicted octanol–water partition coefficient (Wildman–Crippen LogP) is 5.12. The molecule has 3 heterocycles. The van der Waals surface area contributed by atoms with E-state index in [0.717, 1.165) is 6.07 Å². The van der Waals surface area contributed by atoms with Crippen LogP contribution in [0.3, 0.4) is 0 Å². The number of H-pyrrole nitrogens is 1. The number of rotatable bonds is 5. The molecule has 2 aromatic carbocycles. The van der Waals surface area contributed by atoms with Crippen LogP contribution in [0.15, 0.2) is 64.1 Å². The molecule has 0 aliphatic carbocycles. The smallest absolute Gasteiger partial charge is 0.355 e. The monoisotopic (exact) mass is 473 g/mol. The Morgan fingerprint density at radius 3 is 2.77 bits per heavy atom. The van der Waals surface area contributed by atoms with E-state index in [1.807, 2.05) is 6.07 Å². The summed E-state index contributed by atoms with van der Waals surface area (Å²) in [5.41, 5.74) is 0.408. The standard InChI is InChI=1S/C26H17F2N3O4/c1-2-34-26(33)23-21(17-4-3-8-30-25(17)32)22-20(11-19(28)16-7-9-35-24(16)22)31(23)13-15-10-14(12-29)5-6-18(15)27/h3-11H,2,13H2,1H3,(H,30,32). The van der Waals surface area contributed by atoms with Crippen molar-refractivity contribution >= 4 is 27.8 Å². The van der Waals surface area contributed by atoms with Crippen LogP contribution in [0.4, 0.5) is 8.78 Å². The van der Waals surface area contributed by atoms with Crippen molar-refractivity contribution < 1.29 is 22.7 Å². The molecule has 0 aliphatic rings. The lowest BCUT2D eigenvalue weighted by molar-refractivity contribution is 0.0516. The highest BCUT2D eigenvalue weighted by atomic mass is 19.1. The second kappa shape index (κ2) is 8.57. The van der Waals surface area contributed by atoms with Crippen LogP contribution in [0.5, 0.6) is 0 Å². The van der Waals surface area contributed by atoms with Crippen molar-refractivity contribution in [1.82, 2.24) is 9.55 Å². The second-order valence-electron chi connectivity index (χ2n) is 7.78. The van der Waals surface area contributed by atoms with Crippen molar-refractivity contribution in [2.75, 3.05) is 6.61 Å². The van der Waals surface area contributed by atoms with E-state index in [2.05, 4.69) is 4.98 Å². The molecule has 0 atom stereocenters. The van der Waals surface area contributed by atoms with E-state index in [-0.39, 0.29) is 57.6 Å². The van der Waals surface area contributed by atoms with Crippen molar-refractivity contribution in [2.24, 2.45) is 0 Å². The van der Waals surface area contributed by atoms with E-state index >= 15 is 4.39 Å². The van der Waals surface area contributed by atoms with Crippen LogP contribution in [0.2, 0.25) is 0 Å². The van der Waals surface area contributed by atoms with Gasteiger partial charge in [0.2, 0.25) is 0 Å². The Balaban J connectivity index is 1.95. The minimum atomic E-state index is -0.779. The summed E-state index contributed by atoms with van der Waals surface area (Å²) in [6.07, 6.45) is 2.75. The molecular formula is C26H17F2N3O4. The van der Waals surface area contributed by atoms with Crippen LogP contribution in [0, 0.1) is 23.0 Å². The maximum absolute atomic E-state index is 15.1. The number of carbonyl (C=O) groups is 1. The molecule has 0 saturated carbocycles. The molecule has 174 valence electrons. The number of nitrogens with one attached hydrogen (secondary N) is 1. The van der Waals surface area contributed by atoms with Crippen molar-refractivity contribution in [3.63, 3.8) is 0 Å². The third kappa shape index (κ3) is 3.56. The molecular weight excluding hydrogens is 456 g/mol. The van der Waals surface area contributed by atoms with Gasteiger partial charge in [0, 0.05) is 17.3 Å². The third-order valence-electron chi connectivity index (χ3n) is 5.78. The van der Waals surface area contributed by atoms with Crippen LogP contribution < -0.4 is 5.56 Å². The van der Waals surface area contributed by atoms with Gasteiger partial charge in [0.1, 0.15) is 22.9 Å². The van der Waals surface area contributed by atoms with Gasteiger partial charge in [-0.15, -0.1) is 0 Å². The highest BCUT2D eigenvalue weighted by Gasteiger charge is 2.30. The Labute approximate surface area is 196 Å². The van der Waals surface area contributed by atoms with Gasteiger partial charge in [0.15, 0.2) is 0 Å². The number of aromatic amines is 1. The second-order valence-corrected chi connectivity index (χ2v) is 7.78. The number of halogens is 2. The molecule has 7 nitrogen and oxygen atoms in total. The number of esters is 1. The first kappa shape index (κ1) is 22.1. The van der Waals surface area contributed by atoms with Gasteiger partial charge in [-0.25, -0.2) is 13.6 Å². The first-order valence-corrected chi connectivity index (χ1v) is 10.7. The molecule has 0 saturated heterocycles. The molecule has 0 aliphatic heterocycles. The number of benzene rings is 2. The fourth-order valence-electron chi connectivity index (χ4n) is 4.30. The van der Waals surface area contributed by atoms with Crippen molar-refractivity contribution in [3.8, 4) is 17.2 Å². The molecule has 5 rings (SSSR count). The number of hydrogen-bond acceptors (Lipinski definition) is 5. The summed E-state index contributed by atoms with van der Waals surface area (Å²) in [6, 6.07) is 11.6. The zero-order valence-electron chi connectivity index (χ0n) is 18.4. The molecule has 0 radical (unpaired) electrons. The summed E-state index contributed by atoms with van der Waals surface area (Å²) in [5.74, 6) is -2.01. The molecule has 0 spiro atoms. The first-order valence-electron chi connectivity index (χ1n) is 10.7. The molecule has 9 heteroatoms.